The second-order valence-electron chi connectivity index (χ2n) is 9.76. The van der Waals surface area contributed by atoms with E-state index in [9.17, 15) is 15.0 Å². The first kappa shape index (κ1) is 33.3. The highest BCUT2D eigenvalue weighted by atomic mass is 16.5. The molecule has 0 heterocycles. The Kier molecular flexibility index (Phi) is 23.5. The molecule has 0 radical (unpaired) electrons. The molecule has 0 aliphatic carbocycles. The first-order chi connectivity index (χ1) is 16.5. The van der Waals surface area contributed by atoms with E-state index < -0.39 is 24.3 Å². The molecule has 0 fully saturated rings. The van der Waals surface area contributed by atoms with Crippen molar-refractivity contribution in [3.8, 4) is 0 Å². The second kappa shape index (κ2) is 24.0. The van der Waals surface area contributed by atoms with Crippen molar-refractivity contribution < 1.29 is 29.6 Å². The Bertz CT molecular complexity index is 433. The summed E-state index contributed by atoms with van der Waals surface area (Å²) >= 11 is 0. The van der Waals surface area contributed by atoms with E-state index in [1.54, 1.807) is 0 Å². The standard InChI is InChI=1S/C28H56O6/c1-4-7-10-14-19-24(33-22-17-8-5-2)27(31)28(32)25(34-23-18-9-6-3)20-15-12-11-13-16-21-26(29)30/h24-25,27-28,31-32H,4-23H2,1-3H3,(H,29,30). The number of carboxylic acid groups (broad SMARTS) is 1. The number of carbonyl (C=O) groups is 1. The summed E-state index contributed by atoms with van der Waals surface area (Å²) in [7, 11) is 0. The summed E-state index contributed by atoms with van der Waals surface area (Å²) in [5.41, 5.74) is 0. The number of carboxylic acids is 1. The van der Waals surface area contributed by atoms with Crippen LogP contribution in [0.3, 0.4) is 0 Å². The molecular formula is C28H56O6. The molecule has 0 aromatic carbocycles. The van der Waals surface area contributed by atoms with Crippen LogP contribution in [0, 0.1) is 0 Å². The molecule has 0 saturated carbocycles. The van der Waals surface area contributed by atoms with Gasteiger partial charge in [-0.15, -0.1) is 0 Å². The maximum absolute atomic E-state index is 11.1. The number of aliphatic hydroxyl groups excluding tert-OH is 2. The molecule has 204 valence electrons. The van der Waals surface area contributed by atoms with E-state index in [1.165, 1.54) is 6.42 Å². The zero-order valence-corrected chi connectivity index (χ0v) is 22.5. The maximum atomic E-state index is 11.1. The van der Waals surface area contributed by atoms with Crippen LogP contribution in [0.4, 0.5) is 0 Å². The van der Waals surface area contributed by atoms with Crippen molar-refractivity contribution in [2.24, 2.45) is 0 Å². The number of aliphatic hydroxyl groups is 2. The van der Waals surface area contributed by atoms with Crippen LogP contribution in [0.15, 0.2) is 0 Å². The topological polar surface area (TPSA) is 96.2 Å². The molecule has 6 nitrogen and oxygen atoms in total. The third-order valence-corrected chi connectivity index (χ3v) is 6.49. The zero-order chi connectivity index (χ0) is 25.4. The largest absolute Gasteiger partial charge is 0.481 e. The molecule has 0 bridgehead atoms. The van der Waals surface area contributed by atoms with Gasteiger partial charge in [-0.25, -0.2) is 0 Å². The zero-order valence-electron chi connectivity index (χ0n) is 22.5. The molecule has 0 aromatic heterocycles. The highest BCUT2D eigenvalue weighted by molar-refractivity contribution is 5.66. The van der Waals surface area contributed by atoms with Crippen LogP contribution in [0.25, 0.3) is 0 Å². The molecule has 3 N–H and O–H groups in total. The Labute approximate surface area is 209 Å². The fraction of sp³-hybridized carbons (Fsp3) is 0.964. The van der Waals surface area contributed by atoms with Gasteiger partial charge in [0.25, 0.3) is 0 Å². The van der Waals surface area contributed by atoms with E-state index in [0.717, 1.165) is 89.9 Å². The lowest BCUT2D eigenvalue weighted by molar-refractivity contribution is -0.141. The van der Waals surface area contributed by atoms with Crippen LogP contribution in [0.1, 0.15) is 136 Å². The van der Waals surface area contributed by atoms with Gasteiger partial charge in [0, 0.05) is 19.6 Å². The van der Waals surface area contributed by atoms with Crippen molar-refractivity contribution in [2.75, 3.05) is 13.2 Å². The summed E-state index contributed by atoms with van der Waals surface area (Å²) in [6, 6.07) is 0. The van der Waals surface area contributed by atoms with E-state index in [4.69, 9.17) is 14.6 Å². The first-order valence-corrected chi connectivity index (χ1v) is 14.3. The number of hydrogen-bond donors (Lipinski definition) is 3. The monoisotopic (exact) mass is 488 g/mol. The van der Waals surface area contributed by atoms with Gasteiger partial charge in [-0.2, -0.15) is 0 Å². The van der Waals surface area contributed by atoms with E-state index in [-0.39, 0.29) is 12.5 Å². The van der Waals surface area contributed by atoms with Crippen LogP contribution in [-0.2, 0) is 14.3 Å². The Morgan fingerprint density at radius 2 is 0.971 bits per heavy atom. The van der Waals surface area contributed by atoms with Gasteiger partial charge in [0.1, 0.15) is 12.2 Å². The molecule has 0 aromatic rings. The molecule has 4 unspecified atom stereocenters. The molecular weight excluding hydrogens is 432 g/mol. The van der Waals surface area contributed by atoms with Crippen molar-refractivity contribution in [3.05, 3.63) is 0 Å². The minimum Gasteiger partial charge on any atom is -0.481 e. The fourth-order valence-electron chi connectivity index (χ4n) is 4.24. The Morgan fingerprint density at radius 1 is 0.588 bits per heavy atom. The van der Waals surface area contributed by atoms with E-state index in [0.29, 0.717) is 26.1 Å². The molecule has 0 spiro atoms. The van der Waals surface area contributed by atoms with Crippen LogP contribution < -0.4 is 0 Å². The van der Waals surface area contributed by atoms with Gasteiger partial charge in [0.2, 0.25) is 0 Å². The number of hydrogen-bond acceptors (Lipinski definition) is 5. The molecule has 0 saturated heterocycles. The van der Waals surface area contributed by atoms with Crippen molar-refractivity contribution in [2.45, 2.75) is 161 Å². The smallest absolute Gasteiger partial charge is 0.303 e. The van der Waals surface area contributed by atoms with Crippen LogP contribution in [-0.4, -0.2) is 58.9 Å². The number of unbranched alkanes of at least 4 members (excludes halogenated alkanes) is 11. The molecule has 0 aliphatic heterocycles. The van der Waals surface area contributed by atoms with Crippen molar-refractivity contribution in [1.29, 1.82) is 0 Å². The summed E-state index contributed by atoms with van der Waals surface area (Å²) in [5.74, 6) is -0.737. The summed E-state index contributed by atoms with van der Waals surface area (Å²) in [6.45, 7) is 7.71. The fourth-order valence-corrected chi connectivity index (χ4v) is 4.24. The van der Waals surface area contributed by atoms with E-state index in [1.807, 2.05) is 0 Å². The lowest BCUT2D eigenvalue weighted by Gasteiger charge is -2.32. The first-order valence-electron chi connectivity index (χ1n) is 14.3. The van der Waals surface area contributed by atoms with Gasteiger partial charge in [0.15, 0.2) is 0 Å². The average molecular weight is 489 g/mol. The van der Waals surface area contributed by atoms with Crippen molar-refractivity contribution in [3.63, 3.8) is 0 Å². The average Bonchev–Trinajstić information content (AvgIpc) is 2.82. The molecule has 0 amide bonds. The number of aliphatic carboxylic acids is 1. The minimum absolute atomic E-state index is 0.228. The van der Waals surface area contributed by atoms with E-state index in [2.05, 4.69) is 20.8 Å². The predicted molar refractivity (Wildman–Crippen MR) is 139 cm³/mol. The quantitative estimate of drug-likeness (QED) is 0.118. The molecule has 0 aliphatic rings. The van der Waals surface area contributed by atoms with Gasteiger partial charge in [0.05, 0.1) is 12.2 Å². The lowest BCUT2D eigenvalue weighted by Crippen LogP contribution is -2.46. The minimum atomic E-state index is -0.962. The third-order valence-electron chi connectivity index (χ3n) is 6.49. The summed E-state index contributed by atoms with van der Waals surface area (Å²) in [4.78, 5) is 10.6. The van der Waals surface area contributed by atoms with Gasteiger partial charge >= 0.3 is 5.97 Å². The number of ether oxygens (including phenoxy) is 2. The summed E-state index contributed by atoms with van der Waals surface area (Å²) in [5, 5.41) is 30.9. The van der Waals surface area contributed by atoms with Crippen LogP contribution in [0.5, 0.6) is 0 Å². The van der Waals surface area contributed by atoms with Crippen LogP contribution in [0.2, 0.25) is 0 Å². The molecule has 34 heavy (non-hydrogen) atoms. The highest BCUT2D eigenvalue weighted by Gasteiger charge is 2.33. The van der Waals surface area contributed by atoms with Gasteiger partial charge in [-0.3, -0.25) is 4.79 Å². The van der Waals surface area contributed by atoms with Gasteiger partial charge < -0.3 is 24.8 Å². The summed E-state index contributed by atoms with van der Waals surface area (Å²) < 4.78 is 12.2. The van der Waals surface area contributed by atoms with Crippen LogP contribution >= 0.6 is 0 Å². The van der Waals surface area contributed by atoms with Gasteiger partial charge in [-0.05, 0) is 32.1 Å². The maximum Gasteiger partial charge on any atom is 0.303 e. The lowest BCUT2D eigenvalue weighted by atomic mass is 9.95. The third kappa shape index (κ3) is 18.6. The van der Waals surface area contributed by atoms with Crippen molar-refractivity contribution in [1.82, 2.24) is 0 Å². The highest BCUT2D eigenvalue weighted by Crippen LogP contribution is 2.21. The Hall–Kier alpha value is -0.690. The van der Waals surface area contributed by atoms with Crippen molar-refractivity contribution >= 4 is 5.97 Å². The molecule has 6 heteroatoms. The Morgan fingerprint density at radius 3 is 1.41 bits per heavy atom. The SMILES string of the molecule is CCCCCCC(OCCCCC)C(O)C(O)C(CCCCCCCC(=O)O)OCCCCC. The second-order valence-corrected chi connectivity index (χ2v) is 9.76. The molecule has 4 atom stereocenters. The normalized spacial score (nSPS) is 15.2. The number of rotatable bonds is 26. The molecule has 0 rings (SSSR count). The predicted octanol–water partition coefficient (Wildman–Crippen LogP) is 6.64. The Balaban J connectivity index is 4.81. The summed E-state index contributed by atoms with van der Waals surface area (Å²) in [6.07, 6.45) is 14.3. The van der Waals surface area contributed by atoms with E-state index >= 15 is 0 Å². The van der Waals surface area contributed by atoms with Gasteiger partial charge in [-0.1, -0.05) is 97.8 Å².